The van der Waals surface area contributed by atoms with E-state index >= 15 is 0 Å². The highest BCUT2D eigenvalue weighted by Crippen LogP contribution is 2.35. The summed E-state index contributed by atoms with van der Waals surface area (Å²) in [6.45, 7) is 5.84. The smallest absolute Gasteiger partial charge is 0.264 e. The van der Waals surface area contributed by atoms with Crippen molar-refractivity contribution >= 4 is 15.7 Å². The summed E-state index contributed by atoms with van der Waals surface area (Å²) in [5, 5.41) is 0. The topological polar surface area (TPSA) is 46.6 Å². The van der Waals surface area contributed by atoms with Crippen molar-refractivity contribution in [2.75, 3.05) is 11.4 Å². The van der Waals surface area contributed by atoms with E-state index in [2.05, 4.69) is 0 Å². The number of hydrogen-bond donors (Lipinski definition) is 0. The molecule has 0 bridgehead atoms. The lowest BCUT2D eigenvalue weighted by Crippen LogP contribution is -2.33. The third kappa shape index (κ3) is 4.04. The van der Waals surface area contributed by atoms with Gasteiger partial charge in [0.05, 0.1) is 23.7 Å². The molecule has 0 aromatic heterocycles. The van der Waals surface area contributed by atoms with E-state index in [0.29, 0.717) is 11.4 Å². The Kier molecular flexibility index (Phi) is 5.75. The number of anilines is 1. The predicted molar refractivity (Wildman–Crippen MR) is 113 cm³/mol. The van der Waals surface area contributed by atoms with Crippen molar-refractivity contribution in [2.24, 2.45) is 0 Å². The fourth-order valence-electron chi connectivity index (χ4n) is 3.21. The first kappa shape index (κ1) is 20.0. The lowest BCUT2D eigenvalue weighted by atomic mass is 10.1. The molecule has 0 N–H and O–H groups in total. The highest BCUT2D eigenvalue weighted by Gasteiger charge is 2.30. The number of rotatable bonds is 6. The molecule has 3 aromatic rings. The molecule has 3 aromatic carbocycles. The maximum Gasteiger partial charge on any atom is 0.264 e. The summed E-state index contributed by atoms with van der Waals surface area (Å²) in [6.07, 6.45) is 0. The summed E-state index contributed by atoms with van der Waals surface area (Å²) < 4.78 is 34.0. The number of sulfonamides is 1. The Morgan fingerprint density at radius 3 is 2.18 bits per heavy atom. The van der Waals surface area contributed by atoms with Crippen molar-refractivity contribution in [3.05, 3.63) is 89.5 Å². The van der Waals surface area contributed by atoms with Crippen molar-refractivity contribution in [1.82, 2.24) is 0 Å². The highest BCUT2D eigenvalue weighted by molar-refractivity contribution is 7.92. The van der Waals surface area contributed by atoms with Crippen LogP contribution in [-0.2, 0) is 10.0 Å². The van der Waals surface area contributed by atoms with Gasteiger partial charge in [-0.25, -0.2) is 8.42 Å². The minimum Gasteiger partial charge on any atom is -0.497 e. The average Bonchev–Trinajstić information content (AvgIpc) is 2.68. The van der Waals surface area contributed by atoms with Crippen LogP contribution in [0, 0.1) is 13.8 Å². The molecular formula is C23H25NO3S. The summed E-state index contributed by atoms with van der Waals surface area (Å²) in [4.78, 5) is 0.264. The quantitative estimate of drug-likeness (QED) is 0.571. The van der Waals surface area contributed by atoms with Crippen molar-refractivity contribution in [3.63, 3.8) is 0 Å². The molecule has 0 radical (unpaired) electrons. The van der Waals surface area contributed by atoms with Crippen molar-refractivity contribution in [2.45, 2.75) is 31.7 Å². The van der Waals surface area contributed by atoms with Crippen LogP contribution in [0.4, 0.5) is 5.69 Å². The first-order valence-corrected chi connectivity index (χ1v) is 10.6. The minimum atomic E-state index is -3.78. The van der Waals surface area contributed by atoms with E-state index in [4.69, 9.17) is 4.74 Å². The fraction of sp³-hybridized carbons (Fsp3) is 0.217. The van der Waals surface area contributed by atoms with E-state index in [-0.39, 0.29) is 4.90 Å². The molecule has 146 valence electrons. The molecule has 0 aliphatic heterocycles. The molecule has 0 aliphatic carbocycles. The zero-order valence-corrected chi connectivity index (χ0v) is 17.4. The Balaban J connectivity index is 2.17. The maximum atomic E-state index is 13.6. The molecule has 0 spiro atoms. The van der Waals surface area contributed by atoms with Gasteiger partial charge in [0.15, 0.2) is 0 Å². The van der Waals surface area contributed by atoms with E-state index in [1.165, 1.54) is 4.31 Å². The van der Waals surface area contributed by atoms with Crippen LogP contribution in [0.15, 0.2) is 77.7 Å². The van der Waals surface area contributed by atoms with Crippen LogP contribution in [0.3, 0.4) is 0 Å². The third-order valence-corrected chi connectivity index (χ3v) is 6.67. The van der Waals surface area contributed by atoms with Gasteiger partial charge in [0, 0.05) is 6.07 Å². The summed E-state index contributed by atoms with van der Waals surface area (Å²) in [5.74, 6) is 0.609. The Hall–Kier alpha value is -2.79. The van der Waals surface area contributed by atoms with Crippen LogP contribution in [0.25, 0.3) is 0 Å². The molecule has 0 saturated heterocycles. The van der Waals surface area contributed by atoms with Crippen molar-refractivity contribution in [3.8, 4) is 5.75 Å². The molecule has 1 atom stereocenters. The standard InChI is InChI=1S/C23H25NO3S/c1-17-11-13-23(14-12-17)28(25,26)24(21-9-6-10-22(16-21)27-4)19(3)20-8-5-7-18(2)15-20/h5-16,19H,1-4H3/t19-/m0/s1. The van der Waals surface area contributed by atoms with Gasteiger partial charge in [0.2, 0.25) is 0 Å². The fourth-order valence-corrected chi connectivity index (χ4v) is 4.84. The van der Waals surface area contributed by atoms with E-state index in [9.17, 15) is 8.42 Å². The van der Waals surface area contributed by atoms with Crippen LogP contribution in [0.5, 0.6) is 5.75 Å². The number of ether oxygens (including phenoxy) is 1. The highest BCUT2D eigenvalue weighted by atomic mass is 32.2. The van der Waals surface area contributed by atoms with Crippen LogP contribution in [0.1, 0.15) is 29.7 Å². The molecule has 0 unspecified atom stereocenters. The van der Waals surface area contributed by atoms with Gasteiger partial charge in [-0.1, -0.05) is 53.6 Å². The molecule has 0 fully saturated rings. The largest absolute Gasteiger partial charge is 0.497 e. The van der Waals surface area contributed by atoms with E-state index in [1.54, 1.807) is 43.5 Å². The van der Waals surface area contributed by atoms with Gasteiger partial charge in [-0.05, 0) is 50.6 Å². The van der Waals surface area contributed by atoms with Gasteiger partial charge in [0.25, 0.3) is 10.0 Å². The molecule has 0 amide bonds. The lowest BCUT2D eigenvalue weighted by molar-refractivity contribution is 0.415. The minimum absolute atomic E-state index is 0.264. The Morgan fingerprint density at radius 1 is 0.857 bits per heavy atom. The predicted octanol–water partition coefficient (Wildman–Crippen LogP) is 5.27. The van der Waals surface area contributed by atoms with Crippen LogP contribution in [-0.4, -0.2) is 15.5 Å². The summed E-state index contributed by atoms with van der Waals surface area (Å²) in [5.41, 5.74) is 3.59. The van der Waals surface area contributed by atoms with Gasteiger partial charge in [-0.3, -0.25) is 4.31 Å². The second-order valence-electron chi connectivity index (χ2n) is 6.91. The number of benzene rings is 3. The SMILES string of the molecule is COc1cccc(N([C@@H](C)c2cccc(C)c2)S(=O)(=O)c2ccc(C)cc2)c1. The summed E-state index contributed by atoms with van der Waals surface area (Å²) in [6, 6.07) is 21.6. The van der Waals surface area contributed by atoms with Gasteiger partial charge >= 0.3 is 0 Å². The van der Waals surface area contributed by atoms with E-state index < -0.39 is 16.1 Å². The number of aryl methyl sites for hydroxylation is 2. The Morgan fingerprint density at radius 2 is 1.54 bits per heavy atom. The Labute approximate surface area is 167 Å². The zero-order valence-electron chi connectivity index (χ0n) is 16.6. The lowest BCUT2D eigenvalue weighted by Gasteiger charge is -2.31. The van der Waals surface area contributed by atoms with Crippen LogP contribution >= 0.6 is 0 Å². The number of hydrogen-bond acceptors (Lipinski definition) is 3. The molecule has 0 saturated carbocycles. The van der Waals surface area contributed by atoms with Crippen LogP contribution in [0.2, 0.25) is 0 Å². The summed E-state index contributed by atoms with van der Waals surface area (Å²) in [7, 11) is -2.21. The summed E-state index contributed by atoms with van der Waals surface area (Å²) >= 11 is 0. The van der Waals surface area contributed by atoms with Gasteiger partial charge < -0.3 is 4.74 Å². The molecule has 28 heavy (non-hydrogen) atoms. The number of methoxy groups -OCH3 is 1. The molecule has 4 nitrogen and oxygen atoms in total. The van der Waals surface area contributed by atoms with E-state index in [1.807, 2.05) is 57.2 Å². The maximum absolute atomic E-state index is 13.6. The van der Waals surface area contributed by atoms with Gasteiger partial charge in [-0.2, -0.15) is 0 Å². The van der Waals surface area contributed by atoms with Crippen molar-refractivity contribution < 1.29 is 13.2 Å². The van der Waals surface area contributed by atoms with Gasteiger partial charge in [0.1, 0.15) is 5.75 Å². The normalized spacial score (nSPS) is 12.4. The second-order valence-corrected chi connectivity index (χ2v) is 8.72. The van der Waals surface area contributed by atoms with E-state index in [0.717, 1.165) is 16.7 Å². The van der Waals surface area contributed by atoms with Gasteiger partial charge in [-0.15, -0.1) is 0 Å². The monoisotopic (exact) mass is 395 g/mol. The third-order valence-electron chi connectivity index (χ3n) is 4.76. The van der Waals surface area contributed by atoms with Crippen LogP contribution < -0.4 is 9.04 Å². The number of nitrogens with zero attached hydrogens (tertiary/aromatic N) is 1. The Bertz CT molecular complexity index is 1060. The average molecular weight is 396 g/mol. The first-order valence-electron chi connectivity index (χ1n) is 9.14. The van der Waals surface area contributed by atoms with Crippen molar-refractivity contribution in [1.29, 1.82) is 0 Å². The second kappa shape index (κ2) is 8.07. The molecule has 3 rings (SSSR count). The zero-order chi connectivity index (χ0) is 20.3. The first-order chi connectivity index (χ1) is 13.3. The molecule has 0 heterocycles. The molecular weight excluding hydrogens is 370 g/mol. The molecule has 5 heteroatoms. The molecule has 0 aliphatic rings.